The van der Waals surface area contributed by atoms with Crippen molar-refractivity contribution in [2.24, 2.45) is 4.99 Å². The molecule has 0 aliphatic carbocycles. The topological polar surface area (TPSA) is 61.8 Å². The predicted molar refractivity (Wildman–Crippen MR) is 115 cm³/mol. The molecule has 0 bridgehead atoms. The summed E-state index contributed by atoms with van der Waals surface area (Å²) in [6.07, 6.45) is 4.47. The standard InChI is InChI=1S/C22H31N5O/c1-4-28-20-13-17(2)7-9-19(20)16-26-22(23-3)25-15-18-8-10-21(24-14-18)27-11-5-6-12-27/h7-10,13-14H,4-6,11-12,15-16H2,1-3H3,(H2,23,25,26). The molecule has 2 N–H and O–H groups in total. The van der Waals surface area contributed by atoms with Gasteiger partial charge in [-0.2, -0.15) is 0 Å². The SMILES string of the molecule is CCOc1cc(C)ccc1CNC(=NC)NCc1ccc(N2CCCC2)nc1. The summed E-state index contributed by atoms with van der Waals surface area (Å²) >= 11 is 0. The van der Waals surface area contributed by atoms with Crippen molar-refractivity contribution in [2.45, 2.75) is 39.8 Å². The lowest BCUT2D eigenvalue weighted by molar-refractivity contribution is 0.336. The van der Waals surface area contributed by atoms with Crippen LogP contribution in [0.25, 0.3) is 0 Å². The van der Waals surface area contributed by atoms with Crippen LogP contribution in [0, 0.1) is 6.92 Å². The second-order valence-electron chi connectivity index (χ2n) is 7.04. The maximum atomic E-state index is 5.75. The minimum Gasteiger partial charge on any atom is -0.494 e. The molecule has 0 unspecified atom stereocenters. The third-order valence-electron chi connectivity index (χ3n) is 4.89. The molecule has 1 fully saturated rings. The van der Waals surface area contributed by atoms with Gasteiger partial charge in [-0.05, 0) is 49.9 Å². The number of aliphatic imine (C=N–C) groups is 1. The fourth-order valence-electron chi connectivity index (χ4n) is 3.34. The van der Waals surface area contributed by atoms with Crippen LogP contribution in [-0.4, -0.2) is 37.7 Å². The van der Waals surface area contributed by atoms with Crippen LogP contribution in [0.4, 0.5) is 5.82 Å². The minimum atomic E-state index is 0.654. The first-order valence-electron chi connectivity index (χ1n) is 10.1. The average Bonchev–Trinajstić information content (AvgIpc) is 3.25. The van der Waals surface area contributed by atoms with E-state index in [0.717, 1.165) is 41.7 Å². The normalized spacial score (nSPS) is 14.2. The molecule has 0 atom stereocenters. The Morgan fingerprint density at radius 2 is 1.93 bits per heavy atom. The minimum absolute atomic E-state index is 0.654. The highest BCUT2D eigenvalue weighted by molar-refractivity contribution is 5.79. The highest BCUT2D eigenvalue weighted by Crippen LogP contribution is 2.20. The molecule has 0 amide bonds. The van der Waals surface area contributed by atoms with E-state index in [9.17, 15) is 0 Å². The van der Waals surface area contributed by atoms with Crippen molar-refractivity contribution in [3.8, 4) is 5.75 Å². The second-order valence-corrected chi connectivity index (χ2v) is 7.04. The van der Waals surface area contributed by atoms with Gasteiger partial charge in [0.25, 0.3) is 0 Å². The van der Waals surface area contributed by atoms with E-state index >= 15 is 0 Å². The fourth-order valence-corrected chi connectivity index (χ4v) is 3.34. The van der Waals surface area contributed by atoms with Crippen LogP contribution in [0.5, 0.6) is 5.75 Å². The van der Waals surface area contributed by atoms with Gasteiger partial charge in [-0.25, -0.2) is 4.98 Å². The number of nitrogens with one attached hydrogen (secondary N) is 2. The molecule has 150 valence electrons. The maximum Gasteiger partial charge on any atom is 0.191 e. The van der Waals surface area contributed by atoms with E-state index in [0.29, 0.717) is 19.7 Å². The van der Waals surface area contributed by atoms with Crippen LogP contribution in [0.2, 0.25) is 0 Å². The number of aromatic nitrogens is 1. The summed E-state index contributed by atoms with van der Waals surface area (Å²) in [5.41, 5.74) is 3.45. The largest absolute Gasteiger partial charge is 0.494 e. The lowest BCUT2D eigenvalue weighted by Crippen LogP contribution is -2.36. The molecule has 2 aromatic rings. The first-order chi connectivity index (χ1) is 13.7. The van der Waals surface area contributed by atoms with E-state index in [1.54, 1.807) is 7.05 Å². The fraction of sp³-hybridized carbons (Fsp3) is 0.455. The van der Waals surface area contributed by atoms with Gasteiger partial charge in [-0.3, -0.25) is 4.99 Å². The Bertz CT molecular complexity index is 782. The van der Waals surface area contributed by atoms with Crippen molar-refractivity contribution in [3.05, 3.63) is 53.2 Å². The maximum absolute atomic E-state index is 5.75. The molecule has 0 spiro atoms. The summed E-state index contributed by atoms with van der Waals surface area (Å²) in [4.78, 5) is 11.3. The molecule has 1 saturated heterocycles. The Balaban J connectivity index is 1.52. The number of ether oxygens (including phenoxy) is 1. The number of benzene rings is 1. The van der Waals surface area contributed by atoms with Gasteiger partial charge >= 0.3 is 0 Å². The molecular weight excluding hydrogens is 350 g/mol. The van der Waals surface area contributed by atoms with Crippen LogP contribution in [0.1, 0.15) is 36.5 Å². The van der Waals surface area contributed by atoms with Crippen LogP contribution in [-0.2, 0) is 13.1 Å². The molecule has 1 aliphatic rings. The van der Waals surface area contributed by atoms with Crippen LogP contribution in [0.15, 0.2) is 41.5 Å². The molecule has 0 saturated carbocycles. The van der Waals surface area contributed by atoms with Gasteiger partial charge < -0.3 is 20.3 Å². The summed E-state index contributed by atoms with van der Waals surface area (Å²) in [7, 11) is 1.78. The van der Waals surface area contributed by atoms with Crippen molar-refractivity contribution in [1.29, 1.82) is 0 Å². The lowest BCUT2D eigenvalue weighted by atomic mass is 10.1. The number of nitrogens with zero attached hydrogens (tertiary/aromatic N) is 3. The van der Waals surface area contributed by atoms with E-state index in [1.165, 1.54) is 18.4 Å². The van der Waals surface area contributed by atoms with Crippen LogP contribution in [0.3, 0.4) is 0 Å². The zero-order valence-electron chi connectivity index (χ0n) is 17.2. The summed E-state index contributed by atoms with van der Waals surface area (Å²) < 4.78 is 5.75. The van der Waals surface area contributed by atoms with Gasteiger partial charge in [0.15, 0.2) is 5.96 Å². The second kappa shape index (κ2) is 9.97. The Morgan fingerprint density at radius 1 is 1.14 bits per heavy atom. The highest BCUT2D eigenvalue weighted by atomic mass is 16.5. The molecule has 28 heavy (non-hydrogen) atoms. The lowest BCUT2D eigenvalue weighted by Gasteiger charge is -2.17. The van der Waals surface area contributed by atoms with Gasteiger partial charge in [-0.15, -0.1) is 0 Å². The smallest absolute Gasteiger partial charge is 0.191 e. The van der Waals surface area contributed by atoms with Gasteiger partial charge in [0, 0.05) is 45.0 Å². The van der Waals surface area contributed by atoms with Gasteiger partial charge in [0.1, 0.15) is 11.6 Å². The van der Waals surface area contributed by atoms with Gasteiger partial charge in [0.05, 0.1) is 6.61 Å². The molecule has 1 aliphatic heterocycles. The third kappa shape index (κ3) is 5.38. The van der Waals surface area contributed by atoms with Crippen molar-refractivity contribution in [1.82, 2.24) is 15.6 Å². The zero-order valence-corrected chi connectivity index (χ0v) is 17.2. The molecule has 1 aromatic carbocycles. The number of guanidine groups is 1. The summed E-state index contributed by atoms with van der Waals surface area (Å²) in [5.74, 6) is 2.75. The number of rotatable bonds is 7. The summed E-state index contributed by atoms with van der Waals surface area (Å²) in [5, 5.41) is 6.71. The number of pyridine rings is 1. The zero-order chi connectivity index (χ0) is 19.8. The van der Waals surface area contributed by atoms with Crippen LogP contribution >= 0.6 is 0 Å². The number of anilines is 1. The molecule has 3 rings (SSSR count). The highest BCUT2D eigenvalue weighted by Gasteiger charge is 2.13. The van der Waals surface area contributed by atoms with Crippen molar-refractivity contribution >= 4 is 11.8 Å². The number of hydrogen-bond donors (Lipinski definition) is 2. The Morgan fingerprint density at radius 3 is 2.61 bits per heavy atom. The van der Waals surface area contributed by atoms with E-state index in [4.69, 9.17) is 4.74 Å². The van der Waals surface area contributed by atoms with E-state index in [2.05, 4.69) is 62.8 Å². The Hall–Kier alpha value is -2.76. The Kier molecular flexibility index (Phi) is 7.12. The van der Waals surface area contributed by atoms with Crippen LogP contribution < -0.4 is 20.3 Å². The first-order valence-corrected chi connectivity index (χ1v) is 10.1. The van der Waals surface area contributed by atoms with Crippen molar-refractivity contribution in [3.63, 3.8) is 0 Å². The number of hydrogen-bond acceptors (Lipinski definition) is 4. The average molecular weight is 382 g/mol. The molecule has 6 heteroatoms. The number of aryl methyl sites for hydroxylation is 1. The van der Waals surface area contributed by atoms with E-state index in [1.807, 2.05) is 13.1 Å². The molecule has 2 heterocycles. The van der Waals surface area contributed by atoms with E-state index < -0.39 is 0 Å². The van der Waals surface area contributed by atoms with Crippen molar-refractivity contribution < 1.29 is 4.74 Å². The molecule has 6 nitrogen and oxygen atoms in total. The monoisotopic (exact) mass is 381 g/mol. The Labute approximate surface area is 168 Å². The van der Waals surface area contributed by atoms with Gasteiger partial charge in [-0.1, -0.05) is 18.2 Å². The van der Waals surface area contributed by atoms with E-state index in [-0.39, 0.29) is 0 Å². The summed E-state index contributed by atoms with van der Waals surface area (Å²) in [6, 6.07) is 10.5. The molecule has 1 aromatic heterocycles. The quantitative estimate of drug-likeness (QED) is 0.569. The third-order valence-corrected chi connectivity index (χ3v) is 4.89. The van der Waals surface area contributed by atoms with Crippen molar-refractivity contribution in [2.75, 3.05) is 31.6 Å². The van der Waals surface area contributed by atoms with Gasteiger partial charge in [0.2, 0.25) is 0 Å². The molecule has 0 radical (unpaired) electrons. The first kappa shape index (κ1) is 20.0. The predicted octanol–water partition coefficient (Wildman–Crippen LogP) is 3.25. The molecular formula is C22H31N5O. The summed E-state index contributed by atoms with van der Waals surface area (Å²) in [6.45, 7) is 8.30.